The van der Waals surface area contributed by atoms with Gasteiger partial charge < -0.3 is 15.1 Å². The Labute approximate surface area is 211 Å². The monoisotopic (exact) mass is 509 g/mol. The summed E-state index contributed by atoms with van der Waals surface area (Å²) in [5, 5.41) is 4.80. The summed E-state index contributed by atoms with van der Waals surface area (Å²) in [4.78, 5) is 30.1. The molecule has 1 fully saturated rings. The number of carbonyl (C=O) groups is 2. The number of carbonyl (C=O) groups excluding carboxylic acids is 2. The van der Waals surface area contributed by atoms with E-state index in [2.05, 4.69) is 10.2 Å². The fourth-order valence-electron chi connectivity index (χ4n) is 4.06. The van der Waals surface area contributed by atoms with Crippen molar-refractivity contribution < 1.29 is 9.59 Å². The molecule has 34 heavy (non-hydrogen) atoms. The van der Waals surface area contributed by atoms with Gasteiger partial charge in [0.25, 0.3) is 11.8 Å². The largest absolute Gasteiger partial charge is 0.368 e. The molecule has 0 aliphatic carbocycles. The van der Waals surface area contributed by atoms with E-state index in [-0.39, 0.29) is 11.8 Å². The molecule has 1 N–H and O–H groups in total. The normalized spacial score (nSPS) is 13.8. The quantitative estimate of drug-likeness (QED) is 0.345. The van der Waals surface area contributed by atoms with Crippen LogP contribution < -0.4 is 10.2 Å². The van der Waals surface area contributed by atoms with Gasteiger partial charge in [-0.3, -0.25) is 9.59 Å². The molecular weight excluding hydrogens is 489 g/mol. The SMILES string of the molecule is O=C(Nc1ccc(N2CCN(C(=O)c3ccccc3)CC2)cc1)c1sc2cc(Cl)ccc2c1Cl. The topological polar surface area (TPSA) is 52.7 Å². The number of nitrogens with zero attached hydrogens (tertiary/aromatic N) is 2. The Morgan fingerprint density at radius 1 is 0.853 bits per heavy atom. The highest BCUT2D eigenvalue weighted by Gasteiger charge is 2.22. The van der Waals surface area contributed by atoms with Gasteiger partial charge in [-0.1, -0.05) is 47.5 Å². The van der Waals surface area contributed by atoms with E-state index >= 15 is 0 Å². The summed E-state index contributed by atoms with van der Waals surface area (Å²) in [7, 11) is 0. The fraction of sp³-hybridized carbons (Fsp3) is 0.154. The van der Waals surface area contributed by atoms with Gasteiger partial charge in [0.2, 0.25) is 0 Å². The van der Waals surface area contributed by atoms with E-state index in [1.165, 1.54) is 11.3 Å². The molecule has 0 unspecified atom stereocenters. The first-order chi connectivity index (χ1) is 16.5. The minimum absolute atomic E-state index is 0.0699. The van der Waals surface area contributed by atoms with E-state index in [4.69, 9.17) is 23.2 Å². The number of nitrogens with one attached hydrogen (secondary N) is 1. The summed E-state index contributed by atoms with van der Waals surface area (Å²) in [6.45, 7) is 2.84. The zero-order valence-electron chi connectivity index (χ0n) is 18.1. The van der Waals surface area contributed by atoms with Crippen LogP contribution in [0.25, 0.3) is 10.1 Å². The summed E-state index contributed by atoms with van der Waals surface area (Å²) in [6.07, 6.45) is 0. The number of thiophene rings is 1. The van der Waals surface area contributed by atoms with Crippen molar-refractivity contribution in [1.29, 1.82) is 0 Å². The maximum atomic E-state index is 12.8. The molecule has 2 amide bonds. The minimum atomic E-state index is -0.247. The second kappa shape index (κ2) is 9.66. The molecule has 5 rings (SSSR count). The van der Waals surface area contributed by atoms with Gasteiger partial charge in [0.05, 0.1) is 5.02 Å². The Bertz CT molecular complexity index is 1350. The number of anilines is 2. The minimum Gasteiger partial charge on any atom is -0.368 e. The molecule has 0 bridgehead atoms. The van der Waals surface area contributed by atoms with E-state index in [0.717, 1.165) is 34.4 Å². The van der Waals surface area contributed by atoms with Gasteiger partial charge in [-0.25, -0.2) is 0 Å². The molecular formula is C26H21Cl2N3O2S. The number of halogens is 2. The lowest BCUT2D eigenvalue weighted by atomic mass is 10.1. The maximum Gasteiger partial charge on any atom is 0.267 e. The second-order valence-electron chi connectivity index (χ2n) is 8.03. The van der Waals surface area contributed by atoms with Crippen molar-refractivity contribution in [2.24, 2.45) is 0 Å². The number of hydrogen-bond donors (Lipinski definition) is 1. The molecule has 3 aromatic carbocycles. The van der Waals surface area contributed by atoms with Crippen LogP contribution in [-0.2, 0) is 0 Å². The van der Waals surface area contributed by atoms with Crippen LogP contribution in [0.3, 0.4) is 0 Å². The van der Waals surface area contributed by atoms with Gasteiger partial charge in [0.15, 0.2) is 0 Å². The summed E-state index contributed by atoms with van der Waals surface area (Å²) in [5.41, 5.74) is 2.47. The van der Waals surface area contributed by atoms with Crippen LogP contribution in [0, 0.1) is 0 Å². The molecule has 2 heterocycles. The standard InChI is InChI=1S/C26H21Cl2N3O2S/c27-18-6-11-21-22(16-18)34-24(23(21)28)25(32)29-19-7-9-20(10-8-19)30-12-14-31(15-13-30)26(33)17-4-2-1-3-5-17/h1-11,16H,12-15H2,(H,29,32). The maximum absolute atomic E-state index is 12.8. The average molecular weight is 510 g/mol. The van der Waals surface area contributed by atoms with Crippen molar-refractivity contribution >= 4 is 67.8 Å². The Hall–Kier alpha value is -3.06. The van der Waals surface area contributed by atoms with Gasteiger partial charge in [-0.15, -0.1) is 11.3 Å². The summed E-state index contributed by atoms with van der Waals surface area (Å²) < 4.78 is 0.878. The highest BCUT2D eigenvalue weighted by atomic mass is 35.5. The average Bonchev–Trinajstić information content (AvgIpc) is 3.20. The predicted octanol–water partition coefficient (Wildman–Crippen LogP) is 6.42. The number of fused-ring (bicyclic) bond motifs is 1. The van der Waals surface area contributed by atoms with Crippen molar-refractivity contribution in [3.63, 3.8) is 0 Å². The zero-order valence-corrected chi connectivity index (χ0v) is 20.5. The third-order valence-corrected chi connectivity index (χ3v) is 7.77. The van der Waals surface area contributed by atoms with Crippen LogP contribution in [-0.4, -0.2) is 42.9 Å². The first-order valence-electron chi connectivity index (χ1n) is 10.9. The van der Waals surface area contributed by atoms with Crippen molar-refractivity contribution in [3.8, 4) is 0 Å². The molecule has 0 radical (unpaired) electrons. The number of piperazine rings is 1. The molecule has 1 aliphatic rings. The molecule has 1 saturated heterocycles. The van der Waals surface area contributed by atoms with Crippen LogP contribution in [0.1, 0.15) is 20.0 Å². The van der Waals surface area contributed by atoms with Crippen molar-refractivity contribution in [2.45, 2.75) is 0 Å². The van der Waals surface area contributed by atoms with Crippen LogP contribution in [0.5, 0.6) is 0 Å². The highest BCUT2D eigenvalue weighted by Crippen LogP contribution is 2.37. The first kappa shape index (κ1) is 22.7. The number of rotatable bonds is 4. The van der Waals surface area contributed by atoms with Gasteiger partial charge >= 0.3 is 0 Å². The lowest BCUT2D eigenvalue weighted by Gasteiger charge is -2.36. The van der Waals surface area contributed by atoms with Gasteiger partial charge in [0, 0.05) is 58.2 Å². The molecule has 1 aromatic heterocycles. The fourth-order valence-corrected chi connectivity index (χ4v) is 5.75. The zero-order chi connectivity index (χ0) is 23.7. The lowest BCUT2D eigenvalue weighted by Crippen LogP contribution is -2.48. The van der Waals surface area contributed by atoms with Crippen molar-refractivity contribution in [1.82, 2.24) is 4.90 Å². The Morgan fingerprint density at radius 2 is 1.56 bits per heavy atom. The second-order valence-corrected chi connectivity index (χ2v) is 9.90. The first-order valence-corrected chi connectivity index (χ1v) is 12.4. The molecule has 0 spiro atoms. The molecule has 1 aliphatic heterocycles. The van der Waals surface area contributed by atoms with Crippen LogP contribution in [0.15, 0.2) is 72.8 Å². The van der Waals surface area contributed by atoms with E-state index in [1.807, 2.05) is 71.6 Å². The molecule has 4 aromatic rings. The van der Waals surface area contributed by atoms with E-state index in [9.17, 15) is 9.59 Å². The molecule has 172 valence electrons. The lowest BCUT2D eigenvalue weighted by molar-refractivity contribution is 0.0746. The van der Waals surface area contributed by atoms with Crippen LogP contribution in [0.2, 0.25) is 10.0 Å². The number of benzene rings is 3. The van der Waals surface area contributed by atoms with E-state index < -0.39 is 0 Å². The smallest absolute Gasteiger partial charge is 0.267 e. The summed E-state index contributed by atoms with van der Waals surface area (Å²) in [5.74, 6) is -0.177. The van der Waals surface area contributed by atoms with Crippen molar-refractivity contribution in [2.75, 3.05) is 36.4 Å². The summed E-state index contributed by atoms with van der Waals surface area (Å²) in [6, 6.07) is 22.5. The molecule has 0 atom stereocenters. The van der Waals surface area contributed by atoms with Gasteiger partial charge in [-0.05, 0) is 48.5 Å². The number of hydrogen-bond acceptors (Lipinski definition) is 4. The summed E-state index contributed by atoms with van der Waals surface area (Å²) >= 11 is 13.8. The Morgan fingerprint density at radius 3 is 2.26 bits per heavy atom. The Kier molecular flexibility index (Phi) is 6.46. The molecule has 8 heteroatoms. The van der Waals surface area contributed by atoms with E-state index in [0.29, 0.717) is 33.7 Å². The van der Waals surface area contributed by atoms with E-state index in [1.54, 1.807) is 6.07 Å². The molecule has 0 saturated carbocycles. The van der Waals surface area contributed by atoms with Gasteiger partial charge in [-0.2, -0.15) is 0 Å². The van der Waals surface area contributed by atoms with Crippen LogP contribution >= 0.6 is 34.5 Å². The predicted molar refractivity (Wildman–Crippen MR) is 141 cm³/mol. The third kappa shape index (κ3) is 4.62. The van der Waals surface area contributed by atoms with Crippen LogP contribution in [0.4, 0.5) is 11.4 Å². The third-order valence-electron chi connectivity index (χ3n) is 5.88. The van der Waals surface area contributed by atoms with Crippen molar-refractivity contribution in [3.05, 3.63) is 93.3 Å². The Balaban J connectivity index is 1.21. The molecule has 5 nitrogen and oxygen atoms in total. The van der Waals surface area contributed by atoms with Gasteiger partial charge in [0.1, 0.15) is 4.88 Å². The number of amides is 2. The highest BCUT2D eigenvalue weighted by molar-refractivity contribution is 7.21.